The van der Waals surface area contributed by atoms with Gasteiger partial charge in [-0.15, -0.1) is 0 Å². The maximum Gasteiger partial charge on any atom is 0.266 e. The lowest BCUT2D eigenvalue weighted by atomic mass is 10.1. The van der Waals surface area contributed by atoms with Crippen molar-refractivity contribution in [1.82, 2.24) is 14.5 Å². The van der Waals surface area contributed by atoms with Gasteiger partial charge in [0, 0.05) is 24.3 Å². The molecule has 4 aromatic rings. The SMILES string of the molecule is CCOc1ccc(NC(=O)CSc2nc3ccccc3c(=O)n2-c2ccc(C(=O)N3CCOCC3)cc2)cc1. The maximum atomic E-state index is 13.5. The molecule has 0 spiro atoms. The second-order valence-corrected chi connectivity index (χ2v) is 9.74. The van der Waals surface area contributed by atoms with E-state index in [0.717, 1.165) is 5.75 Å². The lowest BCUT2D eigenvalue weighted by Gasteiger charge is -2.26. The van der Waals surface area contributed by atoms with Gasteiger partial charge in [0.05, 0.1) is 42.2 Å². The number of carbonyl (C=O) groups is 2. The monoisotopic (exact) mass is 544 g/mol. The average molecular weight is 545 g/mol. The molecule has 0 bridgehead atoms. The van der Waals surface area contributed by atoms with Crippen molar-refractivity contribution in [3.05, 3.63) is 88.7 Å². The van der Waals surface area contributed by atoms with Crippen LogP contribution >= 0.6 is 11.8 Å². The predicted octanol–water partition coefficient (Wildman–Crippen LogP) is 3.99. The van der Waals surface area contributed by atoms with Crippen molar-refractivity contribution < 1.29 is 19.1 Å². The zero-order valence-corrected chi connectivity index (χ0v) is 22.3. The van der Waals surface area contributed by atoms with Gasteiger partial charge in [-0.05, 0) is 67.6 Å². The van der Waals surface area contributed by atoms with E-state index < -0.39 is 0 Å². The van der Waals surface area contributed by atoms with E-state index in [1.165, 1.54) is 16.3 Å². The maximum absolute atomic E-state index is 13.5. The Morgan fingerprint density at radius 1 is 1.00 bits per heavy atom. The molecule has 3 aromatic carbocycles. The van der Waals surface area contributed by atoms with E-state index in [-0.39, 0.29) is 23.1 Å². The van der Waals surface area contributed by atoms with E-state index in [1.807, 2.05) is 13.0 Å². The Hall–Kier alpha value is -4.15. The van der Waals surface area contributed by atoms with E-state index in [9.17, 15) is 14.4 Å². The number of morpholine rings is 1. The van der Waals surface area contributed by atoms with E-state index in [1.54, 1.807) is 71.6 Å². The third kappa shape index (κ3) is 6.13. The smallest absolute Gasteiger partial charge is 0.266 e. The van der Waals surface area contributed by atoms with E-state index in [0.29, 0.717) is 65.9 Å². The van der Waals surface area contributed by atoms with Crippen molar-refractivity contribution in [3.8, 4) is 11.4 Å². The minimum atomic E-state index is -0.248. The number of aromatic nitrogens is 2. The first-order valence-electron chi connectivity index (χ1n) is 12.7. The van der Waals surface area contributed by atoms with Crippen LogP contribution in [0.15, 0.2) is 82.7 Å². The van der Waals surface area contributed by atoms with Crippen LogP contribution in [0, 0.1) is 0 Å². The number of carbonyl (C=O) groups excluding carboxylic acids is 2. The lowest BCUT2D eigenvalue weighted by molar-refractivity contribution is -0.113. The van der Waals surface area contributed by atoms with E-state index >= 15 is 0 Å². The highest BCUT2D eigenvalue weighted by molar-refractivity contribution is 7.99. The zero-order valence-electron chi connectivity index (χ0n) is 21.5. The highest BCUT2D eigenvalue weighted by Gasteiger charge is 2.20. The Balaban J connectivity index is 1.38. The molecule has 2 heterocycles. The summed E-state index contributed by atoms with van der Waals surface area (Å²) in [6.07, 6.45) is 0. The summed E-state index contributed by atoms with van der Waals surface area (Å²) in [4.78, 5) is 45.6. The fourth-order valence-corrected chi connectivity index (χ4v) is 5.08. The van der Waals surface area contributed by atoms with Crippen molar-refractivity contribution in [2.45, 2.75) is 12.1 Å². The number of anilines is 1. The number of hydrogen-bond donors (Lipinski definition) is 1. The Morgan fingerprint density at radius 3 is 2.44 bits per heavy atom. The molecule has 9 nitrogen and oxygen atoms in total. The third-order valence-electron chi connectivity index (χ3n) is 6.20. The van der Waals surface area contributed by atoms with Crippen LogP contribution in [-0.4, -0.2) is 64.9 Å². The third-order valence-corrected chi connectivity index (χ3v) is 7.14. The molecule has 0 atom stereocenters. The zero-order chi connectivity index (χ0) is 27.2. The normalized spacial score (nSPS) is 13.3. The van der Waals surface area contributed by atoms with Gasteiger partial charge >= 0.3 is 0 Å². The van der Waals surface area contributed by atoms with Crippen LogP contribution in [0.25, 0.3) is 16.6 Å². The van der Waals surface area contributed by atoms with Crippen molar-refractivity contribution in [2.24, 2.45) is 0 Å². The topological polar surface area (TPSA) is 103 Å². The molecule has 5 rings (SSSR count). The van der Waals surface area contributed by atoms with Gasteiger partial charge in [-0.2, -0.15) is 0 Å². The van der Waals surface area contributed by atoms with Crippen LogP contribution < -0.4 is 15.6 Å². The number of nitrogens with zero attached hydrogens (tertiary/aromatic N) is 3. The van der Waals surface area contributed by atoms with Gasteiger partial charge in [-0.3, -0.25) is 19.0 Å². The van der Waals surface area contributed by atoms with Gasteiger partial charge in [0.1, 0.15) is 5.75 Å². The molecule has 1 aromatic heterocycles. The number of ether oxygens (including phenoxy) is 2. The Bertz CT molecular complexity index is 1530. The van der Waals surface area contributed by atoms with Crippen LogP contribution in [0.4, 0.5) is 5.69 Å². The molecular weight excluding hydrogens is 516 g/mol. The summed E-state index contributed by atoms with van der Waals surface area (Å²) in [5.74, 6) is 0.469. The highest BCUT2D eigenvalue weighted by atomic mass is 32.2. The quantitative estimate of drug-likeness (QED) is 0.264. The number of amides is 2. The molecule has 0 saturated carbocycles. The van der Waals surface area contributed by atoms with Crippen LogP contribution in [0.3, 0.4) is 0 Å². The first-order chi connectivity index (χ1) is 19.0. The number of rotatable bonds is 8. The lowest BCUT2D eigenvalue weighted by Crippen LogP contribution is -2.40. The number of hydrogen-bond acceptors (Lipinski definition) is 7. The van der Waals surface area contributed by atoms with Gasteiger partial charge in [0.25, 0.3) is 11.5 Å². The number of para-hydroxylation sites is 1. The Labute approximate surface area is 229 Å². The summed E-state index contributed by atoms with van der Waals surface area (Å²) in [6.45, 7) is 4.62. The summed E-state index contributed by atoms with van der Waals surface area (Å²) >= 11 is 1.17. The Kier molecular flexibility index (Phi) is 8.24. The average Bonchev–Trinajstić information content (AvgIpc) is 2.97. The number of thioether (sulfide) groups is 1. The minimum Gasteiger partial charge on any atom is -0.494 e. The molecule has 1 saturated heterocycles. The van der Waals surface area contributed by atoms with Crippen molar-refractivity contribution in [2.75, 3.05) is 44.0 Å². The van der Waals surface area contributed by atoms with Gasteiger partial charge < -0.3 is 19.7 Å². The molecule has 1 fully saturated rings. The summed E-state index contributed by atoms with van der Waals surface area (Å²) in [5.41, 5.74) is 2.04. The van der Waals surface area contributed by atoms with E-state index in [4.69, 9.17) is 14.5 Å². The number of fused-ring (bicyclic) bond motifs is 1. The van der Waals surface area contributed by atoms with Crippen LogP contribution in [-0.2, 0) is 9.53 Å². The summed E-state index contributed by atoms with van der Waals surface area (Å²) in [5, 5.41) is 3.71. The van der Waals surface area contributed by atoms with Gasteiger partial charge in [-0.1, -0.05) is 23.9 Å². The molecule has 39 heavy (non-hydrogen) atoms. The molecule has 2 amide bonds. The molecule has 0 aliphatic carbocycles. The second kappa shape index (κ2) is 12.1. The highest BCUT2D eigenvalue weighted by Crippen LogP contribution is 2.23. The molecule has 1 aliphatic rings. The van der Waals surface area contributed by atoms with Crippen LogP contribution in [0.1, 0.15) is 17.3 Å². The molecule has 1 aliphatic heterocycles. The van der Waals surface area contributed by atoms with E-state index in [2.05, 4.69) is 5.32 Å². The van der Waals surface area contributed by atoms with Crippen LogP contribution in [0.2, 0.25) is 0 Å². The standard InChI is InChI=1S/C29H28N4O5S/c1-2-38-23-13-9-21(10-14-23)30-26(34)19-39-29-31-25-6-4-3-5-24(25)28(36)33(29)22-11-7-20(8-12-22)27(35)32-15-17-37-18-16-32/h3-14H,2,15-19H2,1H3,(H,30,34). The largest absolute Gasteiger partial charge is 0.494 e. The minimum absolute atomic E-state index is 0.0472. The fourth-order valence-electron chi connectivity index (χ4n) is 4.27. The van der Waals surface area contributed by atoms with Crippen LogP contribution in [0.5, 0.6) is 5.75 Å². The summed E-state index contributed by atoms with van der Waals surface area (Å²) in [6, 6.07) is 21.1. The molecule has 200 valence electrons. The summed E-state index contributed by atoms with van der Waals surface area (Å²) < 4.78 is 12.3. The molecule has 0 radical (unpaired) electrons. The summed E-state index contributed by atoms with van der Waals surface area (Å²) in [7, 11) is 0. The Morgan fingerprint density at radius 2 is 1.72 bits per heavy atom. The molecular formula is C29H28N4O5S. The first-order valence-corrected chi connectivity index (χ1v) is 13.7. The fraction of sp³-hybridized carbons (Fsp3) is 0.241. The first kappa shape index (κ1) is 26.5. The predicted molar refractivity (Wildman–Crippen MR) is 151 cm³/mol. The number of benzene rings is 3. The molecule has 1 N–H and O–H groups in total. The van der Waals surface area contributed by atoms with Gasteiger partial charge in [-0.25, -0.2) is 4.98 Å². The van der Waals surface area contributed by atoms with Crippen molar-refractivity contribution >= 4 is 40.2 Å². The van der Waals surface area contributed by atoms with Gasteiger partial charge in [0.15, 0.2) is 5.16 Å². The molecule has 10 heteroatoms. The molecule has 0 unspecified atom stereocenters. The number of nitrogens with one attached hydrogen (secondary N) is 1. The van der Waals surface area contributed by atoms with Gasteiger partial charge in [0.2, 0.25) is 5.91 Å². The second-order valence-electron chi connectivity index (χ2n) is 8.80. The van der Waals surface area contributed by atoms with Crippen molar-refractivity contribution in [1.29, 1.82) is 0 Å². The van der Waals surface area contributed by atoms with Crippen molar-refractivity contribution in [3.63, 3.8) is 0 Å².